The number of likely N-dealkylation sites (tertiary alicyclic amines) is 1. The zero-order chi connectivity index (χ0) is 37.3. The van der Waals surface area contributed by atoms with E-state index in [2.05, 4.69) is 21.2 Å². The van der Waals surface area contributed by atoms with Crippen molar-refractivity contribution in [3.05, 3.63) is 93.2 Å². The predicted octanol–water partition coefficient (Wildman–Crippen LogP) is 7.87. The first kappa shape index (κ1) is 36.6. The SMILES string of the molecule is COc1cc(/C=C/c2cccc(-c3cccc(-c4nc5c(c(OC)n4)CN(C[C@@H]4CCC(=O)N4)CC5)c3C)c2C)c(C(F)(F)F)cc1CN1CCCC1. The number of methoxy groups -OCH3 is 2. The summed E-state index contributed by atoms with van der Waals surface area (Å²) < 4.78 is 54.6. The van der Waals surface area contributed by atoms with Crippen LogP contribution in [0, 0.1) is 13.8 Å². The lowest BCUT2D eigenvalue weighted by Gasteiger charge is -2.31. The summed E-state index contributed by atoms with van der Waals surface area (Å²) in [7, 11) is 3.14. The van der Waals surface area contributed by atoms with E-state index in [1.165, 1.54) is 19.2 Å². The van der Waals surface area contributed by atoms with E-state index in [9.17, 15) is 18.0 Å². The van der Waals surface area contributed by atoms with Gasteiger partial charge in [-0.05, 0) is 91.7 Å². The molecular weight excluding hydrogens is 679 g/mol. The summed E-state index contributed by atoms with van der Waals surface area (Å²) in [6.45, 7) is 8.50. The number of hydrogen-bond acceptors (Lipinski definition) is 7. The molecule has 1 N–H and O–H groups in total. The number of carbonyl (C=O) groups excluding carboxylic acids is 1. The number of aromatic nitrogens is 2. The molecule has 0 aliphatic carbocycles. The Kier molecular flexibility index (Phi) is 10.6. The van der Waals surface area contributed by atoms with E-state index in [-0.39, 0.29) is 17.5 Å². The van der Waals surface area contributed by atoms with E-state index in [0.29, 0.717) is 42.5 Å². The predicted molar refractivity (Wildman–Crippen MR) is 201 cm³/mol. The number of halogens is 3. The van der Waals surface area contributed by atoms with Gasteiger partial charge in [-0.1, -0.05) is 48.6 Å². The summed E-state index contributed by atoms with van der Waals surface area (Å²) in [5.41, 5.74) is 7.48. The standard InChI is InChI=1S/C42H46F3N5O3/c1-26-28(13-14-29-22-38(52-3)30(21-36(29)42(43,44)45)23-49-18-5-6-19-49)9-7-10-32(26)33-11-8-12-34(27(33)2)40-47-37-17-20-50(24-31-15-16-39(51)46-31)25-35(37)41(48-40)53-4/h7-14,21-22,31H,5-6,15-20,23-25H2,1-4H3,(H,46,51)/b14-13+/t31-/m0/s1. The highest BCUT2D eigenvalue weighted by Crippen LogP contribution is 2.39. The maximum absolute atomic E-state index is 14.4. The third kappa shape index (κ3) is 7.82. The third-order valence-electron chi connectivity index (χ3n) is 10.9. The molecule has 3 aromatic carbocycles. The highest BCUT2D eigenvalue weighted by atomic mass is 19.4. The van der Waals surface area contributed by atoms with Crippen LogP contribution in [0.25, 0.3) is 34.7 Å². The van der Waals surface area contributed by atoms with E-state index in [4.69, 9.17) is 19.4 Å². The van der Waals surface area contributed by atoms with Crippen LogP contribution in [-0.2, 0) is 30.5 Å². The van der Waals surface area contributed by atoms with Crippen molar-refractivity contribution in [2.45, 2.75) is 71.3 Å². The Balaban J connectivity index is 1.17. The molecule has 53 heavy (non-hydrogen) atoms. The number of carbonyl (C=O) groups is 1. The van der Waals surface area contributed by atoms with Crippen LogP contribution < -0.4 is 14.8 Å². The molecule has 0 bridgehead atoms. The molecule has 2 saturated heterocycles. The van der Waals surface area contributed by atoms with Gasteiger partial charge < -0.3 is 14.8 Å². The average molecular weight is 726 g/mol. The largest absolute Gasteiger partial charge is 0.496 e. The molecule has 1 amide bonds. The molecule has 7 rings (SSSR count). The van der Waals surface area contributed by atoms with Gasteiger partial charge in [0.1, 0.15) is 5.75 Å². The van der Waals surface area contributed by atoms with Crippen LogP contribution in [-0.4, -0.2) is 72.1 Å². The van der Waals surface area contributed by atoms with Crippen LogP contribution in [0.1, 0.15) is 70.3 Å². The van der Waals surface area contributed by atoms with Crippen LogP contribution in [0.3, 0.4) is 0 Å². The fourth-order valence-electron chi connectivity index (χ4n) is 8.00. The van der Waals surface area contributed by atoms with Gasteiger partial charge in [-0.2, -0.15) is 18.2 Å². The van der Waals surface area contributed by atoms with Crippen molar-refractivity contribution >= 4 is 18.1 Å². The van der Waals surface area contributed by atoms with Crippen LogP contribution >= 0.6 is 0 Å². The van der Waals surface area contributed by atoms with Gasteiger partial charge in [-0.3, -0.25) is 14.6 Å². The second-order valence-corrected chi connectivity index (χ2v) is 14.3. The lowest BCUT2D eigenvalue weighted by Crippen LogP contribution is -2.41. The minimum Gasteiger partial charge on any atom is -0.496 e. The number of hydrogen-bond donors (Lipinski definition) is 1. The molecule has 11 heteroatoms. The van der Waals surface area contributed by atoms with Crippen molar-refractivity contribution in [3.63, 3.8) is 0 Å². The normalized spacial score (nSPS) is 18.1. The quantitative estimate of drug-likeness (QED) is 0.167. The molecule has 4 aromatic rings. The molecule has 2 fully saturated rings. The topological polar surface area (TPSA) is 79.8 Å². The number of benzene rings is 3. The first-order chi connectivity index (χ1) is 25.5. The van der Waals surface area contributed by atoms with E-state index in [1.54, 1.807) is 19.3 Å². The van der Waals surface area contributed by atoms with Crippen molar-refractivity contribution in [1.29, 1.82) is 0 Å². The van der Waals surface area contributed by atoms with Gasteiger partial charge in [0.15, 0.2) is 5.82 Å². The van der Waals surface area contributed by atoms with Gasteiger partial charge in [0.2, 0.25) is 11.8 Å². The zero-order valence-electron chi connectivity index (χ0n) is 30.8. The van der Waals surface area contributed by atoms with Gasteiger partial charge in [0.05, 0.1) is 25.5 Å². The fraction of sp³-hybridized carbons (Fsp3) is 0.405. The van der Waals surface area contributed by atoms with E-state index < -0.39 is 11.7 Å². The maximum atomic E-state index is 14.4. The average Bonchev–Trinajstić information content (AvgIpc) is 3.82. The Morgan fingerprint density at radius 3 is 2.28 bits per heavy atom. The van der Waals surface area contributed by atoms with Gasteiger partial charge in [0.25, 0.3) is 0 Å². The second kappa shape index (κ2) is 15.3. The van der Waals surface area contributed by atoms with Crippen LogP contribution in [0.4, 0.5) is 13.2 Å². The summed E-state index contributed by atoms with van der Waals surface area (Å²) in [6, 6.07) is 14.9. The van der Waals surface area contributed by atoms with Gasteiger partial charge in [0, 0.05) is 61.8 Å². The van der Waals surface area contributed by atoms with Crippen molar-refractivity contribution < 1.29 is 27.4 Å². The molecule has 1 atom stereocenters. The number of rotatable bonds is 10. The summed E-state index contributed by atoms with van der Waals surface area (Å²) in [5, 5.41) is 3.06. The van der Waals surface area contributed by atoms with Crippen molar-refractivity contribution in [3.8, 4) is 34.1 Å². The van der Waals surface area contributed by atoms with Crippen molar-refractivity contribution in [2.24, 2.45) is 0 Å². The van der Waals surface area contributed by atoms with E-state index >= 15 is 0 Å². The number of ether oxygens (including phenoxy) is 2. The number of nitrogens with zero attached hydrogens (tertiary/aromatic N) is 4. The molecular formula is C42H46F3N5O3. The molecule has 4 heterocycles. The van der Waals surface area contributed by atoms with Crippen LogP contribution in [0.5, 0.6) is 11.6 Å². The molecule has 0 saturated carbocycles. The Bertz CT molecular complexity index is 2020. The fourth-order valence-corrected chi connectivity index (χ4v) is 8.00. The molecule has 0 spiro atoms. The Morgan fingerprint density at radius 1 is 0.868 bits per heavy atom. The lowest BCUT2D eigenvalue weighted by atomic mass is 9.90. The zero-order valence-corrected chi connectivity index (χ0v) is 30.8. The monoisotopic (exact) mass is 725 g/mol. The Hall–Kier alpha value is -4.74. The molecule has 3 aliphatic heterocycles. The summed E-state index contributed by atoms with van der Waals surface area (Å²) >= 11 is 0. The molecule has 8 nitrogen and oxygen atoms in total. The molecule has 278 valence electrons. The van der Waals surface area contributed by atoms with Gasteiger partial charge in [-0.25, -0.2) is 4.98 Å². The van der Waals surface area contributed by atoms with Crippen molar-refractivity contribution in [1.82, 2.24) is 25.1 Å². The second-order valence-electron chi connectivity index (χ2n) is 14.3. The van der Waals surface area contributed by atoms with Gasteiger partial charge in [-0.15, -0.1) is 0 Å². The smallest absolute Gasteiger partial charge is 0.417 e. The molecule has 0 radical (unpaired) electrons. The maximum Gasteiger partial charge on any atom is 0.417 e. The Labute approximate surface area is 309 Å². The molecule has 0 unspecified atom stereocenters. The highest BCUT2D eigenvalue weighted by molar-refractivity contribution is 5.82. The first-order valence-electron chi connectivity index (χ1n) is 18.4. The first-order valence-corrected chi connectivity index (χ1v) is 18.4. The highest BCUT2D eigenvalue weighted by Gasteiger charge is 2.34. The minimum atomic E-state index is -4.52. The lowest BCUT2D eigenvalue weighted by molar-refractivity contribution is -0.137. The summed E-state index contributed by atoms with van der Waals surface area (Å²) in [6.07, 6.45) is 3.06. The van der Waals surface area contributed by atoms with Gasteiger partial charge >= 0.3 is 6.18 Å². The number of amides is 1. The van der Waals surface area contributed by atoms with E-state index in [0.717, 1.165) is 96.5 Å². The van der Waals surface area contributed by atoms with Crippen LogP contribution in [0.15, 0.2) is 48.5 Å². The summed E-state index contributed by atoms with van der Waals surface area (Å²) in [5.74, 6) is 1.72. The Morgan fingerprint density at radius 2 is 1.58 bits per heavy atom. The summed E-state index contributed by atoms with van der Waals surface area (Å²) in [4.78, 5) is 26.1. The van der Waals surface area contributed by atoms with Crippen LogP contribution in [0.2, 0.25) is 0 Å². The third-order valence-corrected chi connectivity index (χ3v) is 10.9. The number of fused-ring (bicyclic) bond motifs is 1. The van der Waals surface area contributed by atoms with E-state index in [1.807, 2.05) is 44.2 Å². The molecule has 1 aromatic heterocycles. The number of alkyl halides is 3. The number of nitrogens with one attached hydrogen (secondary N) is 1. The minimum absolute atomic E-state index is 0.0643. The van der Waals surface area contributed by atoms with Crippen molar-refractivity contribution in [2.75, 3.05) is 40.4 Å². The molecule has 3 aliphatic rings.